The molecule has 0 fully saturated rings. The Kier molecular flexibility index (Phi) is 8.86. The molecule has 254 valence electrons. The zero-order valence-corrected chi connectivity index (χ0v) is 29.3. The van der Waals surface area contributed by atoms with Crippen molar-refractivity contribution in [3.05, 3.63) is 200 Å². The molecule has 54 heavy (non-hydrogen) atoms. The molecule has 5 heteroatoms. The Labute approximate surface area is 314 Å². The van der Waals surface area contributed by atoms with Gasteiger partial charge in [-0.05, 0) is 104 Å². The molecule has 0 bridgehead atoms. The van der Waals surface area contributed by atoms with Crippen LogP contribution in [0.25, 0.3) is 90.1 Å². The van der Waals surface area contributed by atoms with Gasteiger partial charge in [-0.2, -0.15) is 0 Å². The van der Waals surface area contributed by atoms with E-state index >= 15 is 0 Å². The molecule has 6 aromatic carbocycles. The van der Waals surface area contributed by atoms with Crippen LogP contribution in [0.2, 0.25) is 0 Å². The van der Waals surface area contributed by atoms with Crippen molar-refractivity contribution in [3.63, 3.8) is 0 Å². The van der Waals surface area contributed by atoms with Gasteiger partial charge in [-0.15, -0.1) is 0 Å². The van der Waals surface area contributed by atoms with E-state index in [0.29, 0.717) is 28.9 Å². The lowest BCUT2D eigenvalue weighted by atomic mass is 9.91. The van der Waals surface area contributed by atoms with Gasteiger partial charge in [0.2, 0.25) is 0 Å². The summed E-state index contributed by atoms with van der Waals surface area (Å²) in [5.74, 6) is 1.54. The number of rotatable bonds is 8. The summed E-state index contributed by atoms with van der Waals surface area (Å²) < 4.78 is 0. The molecule has 0 aliphatic carbocycles. The number of hydrogen-bond donors (Lipinski definition) is 0. The smallest absolute Gasteiger partial charge is 0.182 e. The third-order valence-electron chi connectivity index (χ3n) is 9.46. The van der Waals surface area contributed by atoms with Crippen molar-refractivity contribution >= 4 is 0 Å². The Bertz CT molecular complexity index is 2500. The second-order valence-corrected chi connectivity index (χ2v) is 13.0. The third kappa shape index (κ3) is 6.94. The zero-order valence-electron chi connectivity index (χ0n) is 29.3. The summed E-state index contributed by atoms with van der Waals surface area (Å²) in [4.78, 5) is 23.7. The summed E-state index contributed by atoms with van der Waals surface area (Å²) in [6, 6.07) is 65.3. The van der Waals surface area contributed by atoms with E-state index < -0.39 is 0 Å². The maximum absolute atomic E-state index is 4.92. The molecule has 0 atom stereocenters. The van der Waals surface area contributed by atoms with Crippen LogP contribution < -0.4 is 0 Å². The first kappa shape index (κ1) is 32.5. The van der Waals surface area contributed by atoms with Gasteiger partial charge in [-0.3, -0.25) is 9.97 Å². The summed E-state index contributed by atoms with van der Waals surface area (Å²) in [6.45, 7) is 0. The van der Waals surface area contributed by atoms with E-state index in [1.54, 1.807) is 12.4 Å². The summed E-state index contributed by atoms with van der Waals surface area (Å²) in [7, 11) is 0. The molecule has 0 aliphatic rings. The first-order valence-corrected chi connectivity index (χ1v) is 17.9. The lowest BCUT2D eigenvalue weighted by molar-refractivity contribution is 1.05. The number of aromatic nitrogens is 5. The Hall–Kier alpha value is -7.37. The predicted octanol–water partition coefficient (Wildman–Crippen LogP) is 12.0. The first-order chi connectivity index (χ1) is 26.7. The normalized spacial score (nSPS) is 11.0. The molecule has 3 aromatic heterocycles. The van der Waals surface area contributed by atoms with E-state index in [0.717, 1.165) is 38.9 Å². The Morgan fingerprint density at radius 2 is 0.556 bits per heavy atom. The molecule has 0 spiro atoms. The molecule has 9 aromatic rings. The lowest BCUT2D eigenvalue weighted by Gasteiger charge is -2.13. The molecule has 0 saturated carbocycles. The predicted molar refractivity (Wildman–Crippen MR) is 219 cm³/mol. The van der Waals surface area contributed by atoms with E-state index in [2.05, 4.69) is 143 Å². The highest BCUT2D eigenvalue weighted by Crippen LogP contribution is 2.36. The van der Waals surface area contributed by atoms with Crippen molar-refractivity contribution in [1.29, 1.82) is 0 Å². The van der Waals surface area contributed by atoms with Crippen LogP contribution in [-0.4, -0.2) is 24.9 Å². The molecule has 3 heterocycles. The van der Waals surface area contributed by atoms with E-state index in [9.17, 15) is 0 Å². The molecule has 0 unspecified atom stereocenters. The van der Waals surface area contributed by atoms with Crippen LogP contribution in [0.4, 0.5) is 0 Å². The second-order valence-electron chi connectivity index (χ2n) is 13.0. The zero-order chi connectivity index (χ0) is 36.1. The van der Waals surface area contributed by atoms with Crippen LogP contribution in [0.1, 0.15) is 0 Å². The molecule has 0 N–H and O–H groups in total. The maximum Gasteiger partial charge on any atom is 0.182 e. The Balaban J connectivity index is 1.15. The van der Waals surface area contributed by atoms with Gasteiger partial charge in [0.25, 0.3) is 0 Å². The van der Waals surface area contributed by atoms with Gasteiger partial charge >= 0.3 is 0 Å². The monoisotopic (exact) mass is 691 g/mol. The van der Waals surface area contributed by atoms with Gasteiger partial charge in [0.1, 0.15) is 11.4 Å². The topological polar surface area (TPSA) is 64.5 Å². The van der Waals surface area contributed by atoms with Crippen LogP contribution in [0.3, 0.4) is 0 Å². The molecule has 0 radical (unpaired) electrons. The molecule has 5 nitrogen and oxygen atoms in total. The van der Waals surface area contributed by atoms with Crippen molar-refractivity contribution in [1.82, 2.24) is 24.9 Å². The van der Waals surface area contributed by atoms with Crippen LogP contribution in [0.5, 0.6) is 0 Å². The summed E-state index contributed by atoms with van der Waals surface area (Å²) in [5.41, 5.74) is 13.7. The first-order valence-electron chi connectivity index (χ1n) is 17.9. The minimum Gasteiger partial charge on any atom is -0.253 e. The summed E-state index contributed by atoms with van der Waals surface area (Å²) in [6.07, 6.45) is 3.49. The van der Waals surface area contributed by atoms with E-state index in [1.165, 1.54) is 22.3 Å². The van der Waals surface area contributed by atoms with Gasteiger partial charge in [-0.1, -0.05) is 140 Å². The fourth-order valence-electron chi connectivity index (χ4n) is 6.66. The van der Waals surface area contributed by atoms with Crippen molar-refractivity contribution in [2.24, 2.45) is 0 Å². The maximum atomic E-state index is 4.92. The molecule has 0 amide bonds. The fourth-order valence-corrected chi connectivity index (χ4v) is 6.66. The Morgan fingerprint density at radius 1 is 0.222 bits per heavy atom. The third-order valence-corrected chi connectivity index (χ3v) is 9.46. The molecule has 0 saturated heterocycles. The van der Waals surface area contributed by atoms with Gasteiger partial charge in [0, 0.05) is 18.0 Å². The highest BCUT2D eigenvalue weighted by atomic mass is 15.1. The van der Waals surface area contributed by atoms with E-state index in [-0.39, 0.29) is 0 Å². The molecule has 9 rings (SSSR count). The second kappa shape index (κ2) is 14.7. The number of benzene rings is 6. The van der Waals surface area contributed by atoms with Crippen molar-refractivity contribution in [2.75, 3.05) is 0 Å². The molecular formula is C49H33N5. The van der Waals surface area contributed by atoms with E-state index in [4.69, 9.17) is 15.0 Å². The molecule has 0 aliphatic heterocycles. The SMILES string of the molecule is c1ccc(-c2ccc(-c3cc(-c4ccc(-c5ccccc5)cc4)cc(-c4cccc(-c5nc(-c6ccccn6)nc(-c6ccccn6)n5)c4)c3)cc2)cc1. The van der Waals surface area contributed by atoms with Crippen molar-refractivity contribution in [2.45, 2.75) is 0 Å². The summed E-state index contributed by atoms with van der Waals surface area (Å²) >= 11 is 0. The van der Waals surface area contributed by atoms with Crippen molar-refractivity contribution < 1.29 is 0 Å². The van der Waals surface area contributed by atoms with Crippen LogP contribution in [0, 0.1) is 0 Å². The average molecular weight is 692 g/mol. The standard InChI is InChI=1S/C49H33N5/c1-3-12-34(13-4-1)36-20-24-38(25-21-36)42-31-43(39-26-22-37(23-27-39)35-14-5-2-6-15-35)33-44(32-42)40-16-11-17-41(30-40)47-52-48(45-18-7-9-28-50-45)54-49(53-47)46-19-8-10-29-51-46/h1-33H. The average Bonchev–Trinajstić information content (AvgIpc) is 3.27. The molecular weight excluding hydrogens is 659 g/mol. The van der Waals surface area contributed by atoms with Crippen LogP contribution in [0.15, 0.2) is 200 Å². The van der Waals surface area contributed by atoms with Crippen molar-refractivity contribution in [3.8, 4) is 90.1 Å². The van der Waals surface area contributed by atoms with Gasteiger partial charge in [0.05, 0.1) is 0 Å². The summed E-state index contributed by atoms with van der Waals surface area (Å²) in [5, 5.41) is 0. The highest BCUT2D eigenvalue weighted by Gasteiger charge is 2.15. The van der Waals surface area contributed by atoms with Crippen LogP contribution >= 0.6 is 0 Å². The Morgan fingerprint density at radius 3 is 1.00 bits per heavy atom. The van der Waals surface area contributed by atoms with Gasteiger partial charge < -0.3 is 0 Å². The number of nitrogens with zero attached hydrogens (tertiary/aromatic N) is 5. The number of hydrogen-bond acceptors (Lipinski definition) is 5. The van der Waals surface area contributed by atoms with Crippen LogP contribution in [-0.2, 0) is 0 Å². The lowest BCUT2D eigenvalue weighted by Crippen LogP contribution is -2.01. The van der Waals surface area contributed by atoms with Gasteiger partial charge in [-0.25, -0.2) is 15.0 Å². The van der Waals surface area contributed by atoms with Gasteiger partial charge in [0.15, 0.2) is 17.5 Å². The minimum absolute atomic E-state index is 0.494. The largest absolute Gasteiger partial charge is 0.253 e. The fraction of sp³-hybridized carbons (Fsp3) is 0. The highest BCUT2D eigenvalue weighted by molar-refractivity contribution is 5.84. The van der Waals surface area contributed by atoms with E-state index in [1.807, 2.05) is 54.6 Å². The quantitative estimate of drug-likeness (QED) is 0.159. The number of pyridine rings is 2. The minimum atomic E-state index is 0.494.